The van der Waals surface area contributed by atoms with E-state index in [1.807, 2.05) is 6.92 Å². The van der Waals surface area contributed by atoms with E-state index >= 15 is 0 Å². The molecule has 2 aromatic rings. The molecule has 10 heteroatoms. The fourth-order valence-electron chi connectivity index (χ4n) is 3.89. The van der Waals surface area contributed by atoms with Crippen LogP contribution in [-0.4, -0.2) is 62.6 Å². The third-order valence-corrected chi connectivity index (χ3v) is 5.53. The Kier molecular flexibility index (Phi) is 5.20. The van der Waals surface area contributed by atoms with E-state index in [1.165, 1.54) is 19.2 Å². The zero-order chi connectivity index (χ0) is 21.6. The van der Waals surface area contributed by atoms with E-state index in [0.29, 0.717) is 28.9 Å². The van der Waals surface area contributed by atoms with Crippen molar-refractivity contribution in [1.82, 2.24) is 19.7 Å². The van der Waals surface area contributed by atoms with Crippen LogP contribution in [0.1, 0.15) is 34.2 Å². The fraction of sp³-hybridized carbons (Fsp3) is 0.450. The average molecular weight is 417 g/mol. The molecule has 30 heavy (non-hydrogen) atoms. The van der Waals surface area contributed by atoms with Crippen molar-refractivity contribution in [2.24, 2.45) is 0 Å². The van der Waals surface area contributed by atoms with E-state index in [1.54, 1.807) is 22.6 Å². The number of aliphatic hydroxyl groups is 1. The van der Waals surface area contributed by atoms with Gasteiger partial charge in [0.05, 0.1) is 25.4 Å². The Morgan fingerprint density at radius 3 is 2.90 bits per heavy atom. The quantitative estimate of drug-likeness (QED) is 0.775. The van der Waals surface area contributed by atoms with Crippen molar-refractivity contribution >= 4 is 17.6 Å². The molecule has 0 spiro atoms. The van der Waals surface area contributed by atoms with Crippen LogP contribution < -0.4 is 5.32 Å². The number of fused-ring (bicyclic) bond motifs is 3. The van der Waals surface area contributed by atoms with Crippen molar-refractivity contribution in [2.75, 3.05) is 19.0 Å². The predicted octanol–water partition coefficient (Wildman–Crippen LogP) is 1.69. The molecular weight excluding hydrogens is 393 g/mol. The van der Waals surface area contributed by atoms with Crippen LogP contribution in [0.3, 0.4) is 0 Å². The molecule has 160 valence electrons. The number of aromatic nitrogens is 2. The van der Waals surface area contributed by atoms with Gasteiger partial charge in [0.2, 0.25) is 0 Å². The second-order valence-electron chi connectivity index (χ2n) is 7.74. The summed E-state index contributed by atoms with van der Waals surface area (Å²) in [7, 11) is 1.49. The third kappa shape index (κ3) is 3.52. The van der Waals surface area contributed by atoms with Gasteiger partial charge in [-0.3, -0.25) is 14.3 Å². The topological polar surface area (TPSA) is 99.9 Å². The number of rotatable bonds is 2. The highest BCUT2D eigenvalue weighted by molar-refractivity contribution is 5.94. The van der Waals surface area contributed by atoms with Gasteiger partial charge < -0.3 is 15.3 Å². The fourth-order valence-corrected chi connectivity index (χ4v) is 3.89. The molecule has 9 nitrogen and oxygen atoms in total. The van der Waals surface area contributed by atoms with Crippen molar-refractivity contribution in [3.8, 4) is 0 Å². The Morgan fingerprint density at radius 2 is 2.20 bits per heavy atom. The van der Waals surface area contributed by atoms with Crippen molar-refractivity contribution < 1.29 is 23.9 Å². The predicted molar refractivity (Wildman–Crippen MR) is 105 cm³/mol. The number of benzene rings is 1. The highest BCUT2D eigenvalue weighted by Gasteiger charge is 2.37. The van der Waals surface area contributed by atoms with Crippen LogP contribution in [0.5, 0.6) is 0 Å². The molecule has 0 saturated carbocycles. The first-order chi connectivity index (χ1) is 14.3. The summed E-state index contributed by atoms with van der Waals surface area (Å²) in [5, 5.41) is 18.0. The minimum absolute atomic E-state index is 0.143. The van der Waals surface area contributed by atoms with Gasteiger partial charge in [-0.2, -0.15) is 5.10 Å². The first-order valence-corrected chi connectivity index (χ1v) is 9.76. The molecule has 0 bridgehead atoms. The molecule has 3 heterocycles. The minimum Gasteiger partial charge on any atom is -0.393 e. The number of halogens is 1. The summed E-state index contributed by atoms with van der Waals surface area (Å²) in [6, 6.07) is 3.92. The SMILES string of the molecule is Cc1cc(NC(=O)N2Cc3c(nn4c3C(=O)N(C)O[C@@H](CO)C4)C[C@H]2C)ccc1F. The van der Waals surface area contributed by atoms with Gasteiger partial charge in [-0.15, -0.1) is 0 Å². The van der Waals surface area contributed by atoms with Gasteiger partial charge in [-0.25, -0.2) is 14.2 Å². The molecule has 0 saturated heterocycles. The van der Waals surface area contributed by atoms with E-state index in [-0.39, 0.29) is 43.5 Å². The number of nitrogens with one attached hydrogen (secondary N) is 1. The summed E-state index contributed by atoms with van der Waals surface area (Å²) in [5.74, 6) is -0.707. The molecule has 1 aromatic heterocycles. The van der Waals surface area contributed by atoms with E-state index in [0.717, 1.165) is 10.8 Å². The number of nitrogens with zero attached hydrogens (tertiary/aromatic N) is 4. The lowest BCUT2D eigenvalue weighted by Crippen LogP contribution is -2.45. The standard InChI is InChI=1S/C20H24FN5O4/c1-11-6-13(4-5-16(11)21)22-20(29)25-9-15-17(7-12(25)2)23-26-8-14(10-27)30-24(3)19(28)18(15)26/h4-6,12,14,27H,7-10H2,1-3H3,(H,22,29)/t12-,14-/m1/s1. The van der Waals surface area contributed by atoms with E-state index in [2.05, 4.69) is 10.4 Å². The molecule has 4 rings (SSSR count). The number of carbonyl (C=O) groups is 2. The number of aliphatic hydroxyl groups excluding tert-OH is 1. The van der Waals surface area contributed by atoms with Crippen LogP contribution in [0.15, 0.2) is 18.2 Å². The zero-order valence-corrected chi connectivity index (χ0v) is 17.1. The van der Waals surface area contributed by atoms with E-state index < -0.39 is 6.10 Å². The van der Waals surface area contributed by atoms with Crippen molar-refractivity contribution in [2.45, 2.75) is 45.5 Å². The van der Waals surface area contributed by atoms with Crippen LogP contribution >= 0.6 is 0 Å². The van der Waals surface area contributed by atoms with Crippen molar-refractivity contribution in [3.05, 3.63) is 46.5 Å². The average Bonchev–Trinajstić information content (AvgIpc) is 2.99. The van der Waals surface area contributed by atoms with Crippen LogP contribution in [0, 0.1) is 12.7 Å². The number of hydroxylamine groups is 2. The Bertz CT molecular complexity index is 1010. The maximum Gasteiger partial charge on any atom is 0.322 e. The summed E-state index contributed by atoms with van der Waals surface area (Å²) in [4.78, 5) is 32.9. The lowest BCUT2D eigenvalue weighted by atomic mass is 9.99. The Labute approximate surface area is 173 Å². The summed E-state index contributed by atoms with van der Waals surface area (Å²) >= 11 is 0. The maximum absolute atomic E-state index is 13.5. The normalized spacial score (nSPS) is 21.2. The summed E-state index contributed by atoms with van der Waals surface area (Å²) in [6.45, 7) is 3.75. The summed E-state index contributed by atoms with van der Waals surface area (Å²) < 4.78 is 15.1. The number of aryl methyl sites for hydroxylation is 1. The summed E-state index contributed by atoms with van der Waals surface area (Å²) in [6.07, 6.45) is -0.0903. The third-order valence-electron chi connectivity index (χ3n) is 5.53. The van der Waals surface area contributed by atoms with Crippen molar-refractivity contribution in [3.63, 3.8) is 0 Å². The number of amides is 3. The number of urea groups is 1. The highest BCUT2D eigenvalue weighted by Crippen LogP contribution is 2.29. The molecule has 0 fully saturated rings. The second-order valence-corrected chi connectivity index (χ2v) is 7.74. The minimum atomic E-state index is -0.583. The van der Waals surface area contributed by atoms with Crippen molar-refractivity contribution in [1.29, 1.82) is 0 Å². The van der Waals surface area contributed by atoms with Gasteiger partial charge in [-0.1, -0.05) is 0 Å². The van der Waals surface area contributed by atoms with Gasteiger partial charge in [0, 0.05) is 30.8 Å². The molecule has 3 amide bonds. The molecule has 2 aliphatic rings. The maximum atomic E-state index is 13.5. The van der Waals surface area contributed by atoms with Gasteiger partial charge >= 0.3 is 6.03 Å². The second kappa shape index (κ2) is 7.69. The molecular formula is C20H24FN5O4. The van der Waals surface area contributed by atoms with Gasteiger partial charge in [0.25, 0.3) is 5.91 Å². The molecule has 0 radical (unpaired) electrons. The molecule has 2 atom stereocenters. The Hall–Kier alpha value is -2.98. The number of carbonyl (C=O) groups excluding carboxylic acids is 2. The van der Waals surface area contributed by atoms with E-state index in [4.69, 9.17) is 4.84 Å². The molecule has 2 aliphatic heterocycles. The Balaban J connectivity index is 1.61. The first kappa shape index (κ1) is 20.3. The first-order valence-electron chi connectivity index (χ1n) is 9.76. The lowest BCUT2D eigenvalue weighted by molar-refractivity contribution is -0.159. The van der Waals surface area contributed by atoms with Gasteiger partial charge in [0.1, 0.15) is 17.6 Å². The lowest BCUT2D eigenvalue weighted by Gasteiger charge is -2.33. The largest absolute Gasteiger partial charge is 0.393 e. The zero-order valence-electron chi connectivity index (χ0n) is 17.1. The molecule has 0 unspecified atom stereocenters. The molecule has 2 N–H and O–H groups in total. The highest BCUT2D eigenvalue weighted by atomic mass is 19.1. The number of hydrogen-bond donors (Lipinski definition) is 2. The monoisotopic (exact) mass is 417 g/mol. The molecule has 0 aliphatic carbocycles. The Morgan fingerprint density at radius 1 is 1.43 bits per heavy atom. The summed E-state index contributed by atoms with van der Waals surface area (Å²) in [5.41, 5.74) is 2.75. The van der Waals surface area contributed by atoms with Crippen LogP contribution in [0.2, 0.25) is 0 Å². The van der Waals surface area contributed by atoms with Crippen LogP contribution in [0.4, 0.5) is 14.9 Å². The smallest absolute Gasteiger partial charge is 0.322 e. The van der Waals surface area contributed by atoms with Gasteiger partial charge in [0.15, 0.2) is 0 Å². The van der Waals surface area contributed by atoms with Gasteiger partial charge in [-0.05, 0) is 37.6 Å². The van der Waals surface area contributed by atoms with E-state index in [9.17, 15) is 19.1 Å². The molecule has 1 aromatic carbocycles. The number of hydrogen-bond acceptors (Lipinski definition) is 5. The number of anilines is 1. The van der Waals surface area contributed by atoms with Crippen LogP contribution in [0.25, 0.3) is 0 Å². The van der Waals surface area contributed by atoms with Crippen LogP contribution in [-0.2, 0) is 24.3 Å².